The number of halogens is 2. The number of anilines is 1. The Morgan fingerprint density at radius 2 is 1.87 bits per heavy atom. The molecule has 0 bridgehead atoms. The van der Waals surface area contributed by atoms with Crippen molar-refractivity contribution in [2.45, 2.75) is 13.8 Å². The summed E-state index contributed by atoms with van der Waals surface area (Å²) < 4.78 is 5.56. The van der Waals surface area contributed by atoms with Crippen molar-refractivity contribution in [3.05, 3.63) is 57.6 Å². The van der Waals surface area contributed by atoms with Gasteiger partial charge in [0.15, 0.2) is 0 Å². The Morgan fingerprint density at radius 1 is 1.09 bits per heavy atom. The largest absolute Gasteiger partial charge is 0.490 e. The highest BCUT2D eigenvalue weighted by Gasteiger charge is 2.04. The van der Waals surface area contributed by atoms with E-state index in [0.717, 1.165) is 11.1 Å². The normalized spacial score (nSPS) is 10.3. The summed E-state index contributed by atoms with van der Waals surface area (Å²) in [4.78, 5) is 11.8. The molecule has 122 valence electrons. The number of amides is 2. The Balaban J connectivity index is 1.76. The number of ether oxygens (including phenoxy) is 1. The van der Waals surface area contributed by atoms with Gasteiger partial charge >= 0.3 is 6.03 Å². The molecule has 0 aliphatic carbocycles. The van der Waals surface area contributed by atoms with Gasteiger partial charge in [-0.2, -0.15) is 0 Å². The van der Waals surface area contributed by atoms with E-state index in [1.165, 1.54) is 0 Å². The molecule has 0 saturated carbocycles. The van der Waals surface area contributed by atoms with Crippen molar-refractivity contribution in [2.24, 2.45) is 0 Å². The van der Waals surface area contributed by atoms with E-state index in [9.17, 15) is 4.79 Å². The van der Waals surface area contributed by atoms with Crippen molar-refractivity contribution in [3.8, 4) is 5.75 Å². The molecule has 0 unspecified atom stereocenters. The van der Waals surface area contributed by atoms with Crippen LogP contribution in [-0.2, 0) is 0 Å². The molecule has 0 aliphatic rings. The number of carbonyl (C=O) groups is 1. The second kappa shape index (κ2) is 8.09. The molecule has 0 spiro atoms. The third-order valence-corrected chi connectivity index (χ3v) is 3.88. The van der Waals surface area contributed by atoms with Crippen LogP contribution in [0.5, 0.6) is 5.75 Å². The predicted molar refractivity (Wildman–Crippen MR) is 94.9 cm³/mol. The molecule has 2 N–H and O–H groups in total. The summed E-state index contributed by atoms with van der Waals surface area (Å²) in [7, 11) is 0. The lowest BCUT2D eigenvalue weighted by atomic mass is 10.2. The zero-order valence-electron chi connectivity index (χ0n) is 13.0. The molecular weight excluding hydrogens is 335 g/mol. The molecule has 0 saturated heterocycles. The summed E-state index contributed by atoms with van der Waals surface area (Å²) in [5.41, 5.74) is 2.66. The molecule has 2 amide bonds. The highest BCUT2D eigenvalue weighted by atomic mass is 35.5. The molecule has 0 atom stereocenters. The third kappa shape index (κ3) is 5.34. The minimum absolute atomic E-state index is 0.316. The van der Waals surface area contributed by atoms with E-state index in [2.05, 4.69) is 10.6 Å². The van der Waals surface area contributed by atoms with E-state index in [1.807, 2.05) is 32.0 Å². The molecule has 0 aromatic heterocycles. The van der Waals surface area contributed by atoms with Crippen LogP contribution in [0.3, 0.4) is 0 Å². The highest BCUT2D eigenvalue weighted by Crippen LogP contribution is 2.25. The first-order valence-corrected chi connectivity index (χ1v) is 7.91. The molecule has 0 radical (unpaired) electrons. The molecule has 23 heavy (non-hydrogen) atoms. The summed E-state index contributed by atoms with van der Waals surface area (Å²) in [5.74, 6) is 0.610. The summed E-state index contributed by atoms with van der Waals surface area (Å²) in [5, 5.41) is 6.58. The van der Waals surface area contributed by atoms with Gasteiger partial charge in [0, 0.05) is 10.7 Å². The third-order valence-electron chi connectivity index (χ3n) is 3.16. The van der Waals surface area contributed by atoms with Crippen molar-refractivity contribution in [2.75, 3.05) is 18.5 Å². The van der Waals surface area contributed by atoms with E-state index in [0.29, 0.717) is 34.6 Å². The fraction of sp³-hybridized carbons (Fsp3) is 0.235. The van der Waals surface area contributed by atoms with Crippen LogP contribution in [-0.4, -0.2) is 19.2 Å². The van der Waals surface area contributed by atoms with E-state index in [1.54, 1.807) is 18.2 Å². The SMILES string of the molecule is Cc1ccc(Cl)c(OCCNC(=O)Nc2ccc(C)c(Cl)c2)c1. The van der Waals surface area contributed by atoms with Crippen LogP contribution in [0.4, 0.5) is 10.5 Å². The number of nitrogens with one attached hydrogen (secondary N) is 2. The lowest BCUT2D eigenvalue weighted by Crippen LogP contribution is -2.32. The topological polar surface area (TPSA) is 50.4 Å². The number of hydrogen-bond donors (Lipinski definition) is 2. The second-order valence-electron chi connectivity index (χ2n) is 5.13. The number of benzene rings is 2. The van der Waals surface area contributed by atoms with Gasteiger partial charge in [0.25, 0.3) is 0 Å². The van der Waals surface area contributed by atoms with E-state index in [4.69, 9.17) is 27.9 Å². The smallest absolute Gasteiger partial charge is 0.319 e. The standard InChI is InChI=1S/C17H18Cl2N2O2/c1-11-3-6-14(18)16(9-11)23-8-7-20-17(22)21-13-5-4-12(2)15(19)10-13/h3-6,9-10H,7-8H2,1-2H3,(H2,20,21,22). The fourth-order valence-electron chi connectivity index (χ4n) is 1.89. The van der Waals surface area contributed by atoms with Gasteiger partial charge in [0.2, 0.25) is 0 Å². The van der Waals surface area contributed by atoms with E-state index in [-0.39, 0.29) is 6.03 Å². The lowest BCUT2D eigenvalue weighted by Gasteiger charge is -2.11. The second-order valence-corrected chi connectivity index (χ2v) is 5.94. The maximum Gasteiger partial charge on any atom is 0.319 e. The van der Waals surface area contributed by atoms with Gasteiger partial charge in [0.05, 0.1) is 11.6 Å². The summed E-state index contributed by atoms with van der Waals surface area (Å²) in [6.45, 7) is 4.54. The summed E-state index contributed by atoms with van der Waals surface area (Å²) in [6, 6.07) is 10.6. The summed E-state index contributed by atoms with van der Waals surface area (Å²) in [6.07, 6.45) is 0. The van der Waals surface area contributed by atoms with Crippen LogP contribution in [0, 0.1) is 13.8 Å². The average Bonchev–Trinajstić information content (AvgIpc) is 2.51. The Labute approximate surface area is 145 Å². The Kier molecular flexibility index (Phi) is 6.13. The lowest BCUT2D eigenvalue weighted by molar-refractivity contribution is 0.247. The van der Waals surface area contributed by atoms with Crippen LogP contribution in [0.1, 0.15) is 11.1 Å². The van der Waals surface area contributed by atoms with Crippen molar-refractivity contribution in [1.29, 1.82) is 0 Å². The molecule has 2 aromatic carbocycles. The fourth-order valence-corrected chi connectivity index (χ4v) is 2.25. The maximum absolute atomic E-state index is 11.8. The minimum Gasteiger partial charge on any atom is -0.490 e. The molecule has 0 heterocycles. The van der Waals surface area contributed by atoms with Crippen LogP contribution in [0.2, 0.25) is 10.0 Å². The molecule has 2 aromatic rings. The van der Waals surface area contributed by atoms with Gasteiger partial charge in [-0.25, -0.2) is 4.79 Å². The zero-order valence-corrected chi connectivity index (χ0v) is 14.5. The average molecular weight is 353 g/mol. The zero-order chi connectivity index (χ0) is 16.8. The van der Waals surface area contributed by atoms with Crippen LogP contribution in [0.25, 0.3) is 0 Å². The monoisotopic (exact) mass is 352 g/mol. The number of urea groups is 1. The van der Waals surface area contributed by atoms with E-state index < -0.39 is 0 Å². The van der Waals surface area contributed by atoms with Crippen LogP contribution in [0.15, 0.2) is 36.4 Å². The molecule has 4 nitrogen and oxygen atoms in total. The number of carbonyl (C=O) groups excluding carboxylic acids is 1. The van der Waals surface area contributed by atoms with Crippen molar-refractivity contribution in [1.82, 2.24) is 5.32 Å². The molecule has 2 rings (SSSR count). The Hall–Kier alpha value is -1.91. The first-order valence-electron chi connectivity index (χ1n) is 7.15. The predicted octanol–water partition coefficient (Wildman–Crippen LogP) is 4.81. The van der Waals surface area contributed by atoms with Crippen LogP contribution >= 0.6 is 23.2 Å². The van der Waals surface area contributed by atoms with Gasteiger partial charge in [-0.15, -0.1) is 0 Å². The van der Waals surface area contributed by atoms with Gasteiger partial charge in [-0.1, -0.05) is 35.3 Å². The Morgan fingerprint density at radius 3 is 2.61 bits per heavy atom. The first-order chi connectivity index (χ1) is 11.0. The van der Waals surface area contributed by atoms with Gasteiger partial charge < -0.3 is 15.4 Å². The maximum atomic E-state index is 11.8. The van der Waals surface area contributed by atoms with Crippen LogP contribution < -0.4 is 15.4 Å². The minimum atomic E-state index is -0.316. The van der Waals surface area contributed by atoms with Gasteiger partial charge in [0.1, 0.15) is 12.4 Å². The quantitative estimate of drug-likeness (QED) is 0.758. The first kappa shape index (κ1) is 17.4. The van der Waals surface area contributed by atoms with Crippen molar-refractivity contribution < 1.29 is 9.53 Å². The molecule has 0 aliphatic heterocycles. The van der Waals surface area contributed by atoms with Crippen molar-refractivity contribution >= 4 is 34.9 Å². The van der Waals surface area contributed by atoms with Gasteiger partial charge in [-0.05, 0) is 49.2 Å². The molecule has 6 heteroatoms. The van der Waals surface area contributed by atoms with Gasteiger partial charge in [-0.3, -0.25) is 0 Å². The van der Waals surface area contributed by atoms with E-state index >= 15 is 0 Å². The van der Waals surface area contributed by atoms with Crippen molar-refractivity contribution in [3.63, 3.8) is 0 Å². The number of aryl methyl sites for hydroxylation is 2. The summed E-state index contributed by atoms with van der Waals surface area (Å²) >= 11 is 12.1. The Bertz CT molecular complexity index is 705. The molecular formula is C17H18Cl2N2O2. The number of hydrogen-bond acceptors (Lipinski definition) is 2. The molecule has 0 fully saturated rings. The highest BCUT2D eigenvalue weighted by molar-refractivity contribution is 6.32. The number of rotatable bonds is 5.